The molecule has 0 saturated carbocycles. The average Bonchev–Trinajstić information content (AvgIpc) is 1.65. The molecule has 3 heteroatoms. The second-order valence-corrected chi connectivity index (χ2v) is 2.57. The lowest BCUT2D eigenvalue weighted by molar-refractivity contribution is -0.121. The van der Waals surface area contributed by atoms with Crippen LogP contribution in [0.25, 0.3) is 0 Å². The molecule has 1 unspecified atom stereocenters. The van der Waals surface area contributed by atoms with Crippen molar-refractivity contribution < 1.29 is 4.79 Å². The van der Waals surface area contributed by atoms with Gasteiger partial charge in [-0.1, -0.05) is 13.8 Å². The molecule has 0 aromatic heterocycles. The minimum absolute atomic E-state index is 0.484. The fourth-order valence-electron chi connectivity index (χ4n) is 0.246. The lowest BCUT2D eigenvalue weighted by atomic mass is 9.89. The summed E-state index contributed by atoms with van der Waals surface area (Å²) in [6.07, 6.45) is 0. The molecule has 0 saturated heterocycles. The van der Waals surface area contributed by atoms with Crippen molar-refractivity contribution in [3.63, 3.8) is 0 Å². The topological polar surface area (TPSA) is 69.1 Å². The molecule has 9 heavy (non-hydrogen) atoms. The summed E-state index contributed by atoms with van der Waals surface area (Å²) in [7, 11) is 0. The molecular formula is C6H13N2O. The molecule has 53 valence electrons. The number of carbonyl (C=O) groups is 1. The quantitative estimate of drug-likeness (QED) is 0.542. The Bertz CT molecular complexity index is 118. The normalized spacial score (nSPS) is 17.4. The van der Waals surface area contributed by atoms with Crippen LogP contribution in [0, 0.1) is 5.92 Å². The first-order valence-electron chi connectivity index (χ1n) is 2.78. The van der Waals surface area contributed by atoms with Gasteiger partial charge in [-0.2, -0.15) is 0 Å². The molecule has 0 fully saturated rings. The Kier molecular flexibility index (Phi) is 2.20. The van der Waals surface area contributed by atoms with Gasteiger partial charge < -0.3 is 11.5 Å². The number of hydrogen-bond acceptors (Lipinski definition) is 2. The van der Waals surface area contributed by atoms with Gasteiger partial charge in [-0.05, 0) is 12.8 Å². The minimum atomic E-state index is -0.944. The van der Waals surface area contributed by atoms with Crippen LogP contribution >= 0.6 is 0 Å². The fraction of sp³-hybridized carbons (Fsp3) is 0.667. The third-order valence-corrected chi connectivity index (χ3v) is 1.55. The van der Waals surface area contributed by atoms with Crippen molar-refractivity contribution in [2.75, 3.05) is 0 Å². The molecule has 4 N–H and O–H groups in total. The van der Waals surface area contributed by atoms with Gasteiger partial charge >= 0.3 is 0 Å². The zero-order chi connectivity index (χ0) is 7.65. The maximum absolute atomic E-state index is 10.5. The molecule has 1 atom stereocenters. The van der Waals surface area contributed by atoms with E-state index in [1.165, 1.54) is 0 Å². The number of carbonyl (C=O) groups excluding carboxylic acids is 1. The van der Waals surface area contributed by atoms with Gasteiger partial charge in [0.15, 0.2) is 0 Å². The van der Waals surface area contributed by atoms with Crippen LogP contribution in [-0.2, 0) is 4.79 Å². The molecule has 1 radical (unpaired) electrons. The summed E-state index contributed by atoms with van der Waals surface area (Å²) >= 11 is 0. The number of nitrogens with two attached hydrogens (primary N) is 2. The molecule has 0 aliphatic rings. The van der Waals surface area contributed by atoms with E-state index in [-0.39, 0.29) is 0 Å². The SMILES string of the molecule is C[C](C)C(C)(N)C(N)=O. The second kappa shape index (κ2) is 2.35. The van der Waals surface area contributed by atoms with Crippen molar-refractivity contribution in [1.29, 1.82) is 0 Å². The number of primary amides is 1. The summed E-state index contributed by atoms with van der Waals surface area (Å²) in [6.45, 7) is 5.17. The van der Waals surface area contributed by atoms with Crippen LogP contribution in [0.3, 0.4) is 0 Å². The largest absolute Gasteiger partial charge is 0.368 e. The molecule has 0 aromatic carbocycles. The molecule has 0 bridgehead atoms. The van der Waals surface area contributed by atoms with E-state index < -0.39 is 11.4 Å². The predicted octanol–water partition coefficient (Wildman–Crippen LogP) is -0.197. The van der Waals surface area contributed by atoms with Gasteiger partial charge in [0.2, 0.25) is 5.91 Å². The molecular weight excluding hydrogens is 116 g/mol. The van der Waals surface area contributed by atoms with E-state index in [0.29, 0.717) is 0 Å². The molecule has 0 aromatic rings. The number of amides is 1. The summed E-state index contributed by atoms with van der Waals surface area (Å²) in [5.74, 6) is 0.345. The van der Waals surface area contributed by atoms with E-state index in [2.05, 4.69) is 0 Å². The van der Waals surface area contributed by atoms with Crippen molar-refractivity contribution in [2.24, 2.45) is 11.5 Å². The predicted molar refractivity (Wildman–Crippen MR) is 36.4 cm³/mol. The Morgan fingerprint density at radius 1 is 1.44 bits per heavy atom. The van der Waals surface area contributed by atoms with Crippen LogP contribution in [0.15, 0.2) is 0 Å². The monoisotopic (exact) mass is 129 g/mol. The van der Waals surface area contributed by atoms with Gasteiger partial charge in [0.1, 0.15) is 0 Å². The first-order valence-corrected chi connectivity index (χ1v) is 2.78. The Morgan fingerprint density at radius 3 is 1.78 bits per heavy atom. The van der Waals surface area contributed by atoms with Crippen molar-refractivity contribution in [3.05, 3.63) is 5.92 Å². The van der Waals surface area contributed by atoms with Crippen LogP contribution in [0.2, 0.25) is 0 Å². The zero-order valence-electron chi connectivity index (χ0n) is 6.06. The first kappa shape index (κ1) is 8.43. The Morgan fingerprint density at radius 2 is 1.78 bits per heavy atom. The summed E-state index contributed by atoms with van der Waals surface area (Å²) in [4.78, 5) is 10.5. The molecule has 0 aliphatic heterocycles. The minimum Gasteiger partial charge on any atom is -0.368 e. The maximum Gasteiger partial charge on any atom is 0.237 e. The standard InChI is InChI=1S/C6H13N2O/c1-4(2)6(3,8)5(7)9/h8H2,1-3H3,(H2,7,9). The van der Waals surface area contributed by atoms with Crippen LogP contribution in [-0.4, -0.2) is 11.4 Å². The number of hydrogen-bond donors (Lipinski definition) is 2. The van der Waals surface area contributed by atoms with E-state index >= 15 is 0 Å². The molecule has 0 heterocycles. The highest BCUT2D eigenvalue weighted by molar-refractivity contribution is 5.86. The van der Waals surface area contributed by atoms with Crippen LogP contribution in [0.1, 0.15) is 20.8 Å². The van der Waals surface area contributed by atoms with Gasteiger partial charge in [-0.25, -0.2) is 0 Å². The summed E-state index contributed by atoms with van der Waals surface area (Å²) in [6, 6.07) is 0. The molecule has 3 nitrogen and oxygen atoms in total. The Hall–Kier alpha value is -0.570. The van der Waals surface area contributed by atoms with E-state index in [0.717, 1.165) is 5.92 Å². The van der Waals surface area contributed by atoms with E-state index in [4.69, 9.17) is 11.5 Å². The Balaban J connectivity index is 4.19. The van der Waals surface area contributed by atoms with Crippen LogP contribution < -0.4 is 11.5 Å². The summed E-state index contributed by atoms with van der Waals surface area (Å²) < 4.78 is 0. The highest BCUT2D eigenvalue weighted by Gasteiger charge is 2.29. The van der Waals surface area contributed by atoms with Gasteiger partial charge in [0.05, 0.1) is 5.54 Å². The lowest BCUT2D eigenvalue weighted by Gasteiger charge is -2.23. The van der Waals surface area contributed by atoms with Gasteiger partial charge in [0.25, 0.3) is 0 Å². The van der Waals surface area contributed by atoms with Crippen molar-refractivity contribution >= 4 is 5.91 Å². The molecule has 0 spiro atoms. The molecule has 0 aliphatic carbocycles. The van der Waals surface area contributed by atoms with Crippen molar-refractivity contribution in [1.82, 2.24) is 0 Å². The smallest absolute Gasteiger partial charge is 0.237 e. The lowest BCUT2D eigenvalue weighted by Crippen LogP contribution is -2.52. The van der Waals surface area contributed by atoms with E-state index in [1.807, 2.05) is 0 Å². The van der Waals surface area contributed by atoms with E-state index in [9.17, 15) is 4.79 Å². The third-order valence-electron chi connectivity index (χ3n) is 1.55. The highest BCUT2D eigenvalue weighted by atomic mass is 16.1. The Labute approximate surface area is 55.4 Å². The number of rotatable bonds is 2. The highest BCUT2D eigenvalue weighted by Crippen LogP contribution is 2.13. The van der Waals surface area contributed by atoms with Gasteiger partial charge in [0, 0.05) is 0 Å². The van der Waals surface area contributed by atoms with Gasteiger partial charge in [-0.15, -0.1) is 0 Å². The second-order valence-electron chi connectivity index (χ2n) is 2.57. The fourth-order valence-corrected chi connectivity index (χ4v) is 0.246. The molecule has 0 rings (SSSR count). The van der Waals surface area contributed by atoms with Gasteiger partial charge in [-0.3, -0.25) is 4.79 Å². The van der Waals surface area contributed by atoms with Crippen molar-refractivity contribution in [3.8, 4) is 0 Å². The molecule has 1 amide bonds. The summed E-state index contributed by atoms with van der Waals surface area (Å²) in [5, 5.41) is 0. The van der Waals surface area contributed by atoms with E-state index in [1.54, 1.807) is 20.8 Å². The third kappa shape index (κ3) is 1.68. The zero-order valence-corrected chi connectivity index (χ0v) is 6.06. The summed E-state index contributed by atoms with van der Waals surface area (Å²) in [5.41, 5.74) is 9.53. The van der Waals surface area contributed by atoms with Crippen LogP contribution in [0.5, 0.6) is 0 Å². The van der Waals surface area contributed by atoms with Crippen LogP contribution in [0.4, 0.5) is 0 Å². The maximum atomic E-state index is 10.5. The average molecular weight is 129 g/mol. The first-order chi connectivity index (χ1) is 3.89. The van der Waals surface area contributed by atoms with Crippen molar-refractivity contribution in [2.45, 2.75) is 26.3 Å².